The number of halogens is 1. The molecule has 0 aliphatic heterocycles. The largest absolute Gasteiger partial charge is 0.272 e. The van der Waals surface area contributed by atoms with E-state index < -0.39 is 15.8 Å². The second-order valence-corrected chi connectivity index (χ2v) is 6.41. The summed E-state index contributed by atoms with van der Waals surface area (Å²) in [7, 11) is -3.60. The zero-order valence-corrected chi connectivity index (χ0v) is 11.8. The smallest absolute Gasteiger partial charge is 0.240 e. The van der Waals surface area contributed by atoms with E-state index in [-0.39, 0.29) is 10.8 Å². The Morgan fingerprint density at radius 3 is 2.65 bits per heavy atom. The zero-order chi connectivity index (χ0) is 14.6. The third-order valence-corrected chi connectivity index (χ3v) is 4.24. The third-order valence-electron chi connectivity index (χ3n) is 2.80. The van der Waals surface area contributed by atoms with Gasteiger partial charge in [0.05, 0.1) is 4.90 Å². The number of hydrogen-bond donors (Lipinski definition) is 1. The lowest BCUT2D eigenvalue weighted by Crippen LogP contribution is -2.30. The van der Waals surface area contributed by atoms with Gasteiger partial charge in [-0.25, -0.2) is 17.5 Å². The predicted octanol–water partition coefficient (Wildman–Crippen LogP) is 1.64. The van der Waals surface area contributed by atoms with Crippen molar-refractivity contribution < 1.29 is 12.8 Å². The Morgan fingerprint density at radius 1 is 1.35 bits per heavy atom. The van der Waals surface area contributed by atoms with Gasteiger partial charge in [-0.3, -0.25) is 4.68 Å². The van der Waals surface area contributed by atoms with Crippen molar-refractivity contribution in [2.24, 2.45) is 5.92 Å². The minimum Gasteiger partial charge on any atom is -0.272 e. The van der Waals surface area contributed by atoms with Crippen LogP contribution < -0.4 is 4.72 Å². The molecule has 108 valence electrons. The van der Waals surface area contributed by atoms with Gasteiger partial charge in [0.2, 0.25) is 10.0 Å². The molecule has 0 spiro atoms. The summed E-state index contributed by atoms with van der Waals surface area (Å²) in [6.07, 6.45) is 3.50. The van der Waals surface area contributed by atoms with E-state index in [9.17, 15) is 12.8 Å². The summed E-state index contributed by atoms with van der Waals surface area (Å²) >= 11 is 0. The van der Waals surface area contributed by atoms with E-state index in [0.29, 0.717) is 13.1 Å². The molecule has 0 aliphatic rings. The van der Waals surface area contributed by atoms with Crippen LogP contribution in [0.1, 0.15) is 6.92 Å². The van der Waals surface area contributed by atoms with E-state index >= 15 is 0 Å². The highest BCUT2D eigenvalue weighted by molar-refractivity contribution is 7.89. The Morgan fingerprint density at radius 2 is 2.05 bits per heavy atom. The van der Waals surface area contributed by atoms with E-state index in [4.69, 9.17) is 0 Å². The van der Waals surface area contributed by atoms with E-state index in [1.54, 1.807) is 10.9 Å². The molecule has 0 bridgehead atoms. The van der Waals surface area contributed by atoms with Crippen LogP contribution in [-0.4, -0.2) is 24.7 Å². The van der Waals surface area contributed by atoms with Crippen LogP contribution in [0.5, 0.6) is 0 Å². The van der Waals surface area contributed by atoms with Crippen molar-refractivity contribution in [2.45, 2.75) is 18.4 Å². The van der Waals surface area contributed by atoms with Crippen LogP contribution in [0.15, 0.2) is 47.6 Å². The summed E-state index contributed by atoms with van der Waals surface area (Å²) in [6.45, 7) is 2.84. The molecule has 2 rings (SSSR count). The van der Waals surface area contributed by atoms with E-state index in [1.165, 1.54) is 12.1 Å². The van der Waals surface area contributed by atoms with Crippen molar-refractivity contribution >= 4 is 10.0 Å². The molecule has 1 aromatic heterocycles. The van der Waals surface area contributed by atoms with Crippen molar-refractivity contribution in [1.82, 2.24) is 14.5 Å². The standard InChI is InChI=1S/C13H16FN3O2S/c1-11(10-17-8-2-7-15-17)9-16-20(18,19)13-5-3-12(14)4-6-13/h2-8,11,16H,9-10H2,1H3/t11-/m1/s1. The van der Waals surface area contributed by atoms with Gasteiger partial charge in [0, 0.05) is 25.5 Å². The van der Waals surface area contributed by atoms with Gasteiger partial charge in [-0.2, -0.15) is 5.10 Å². The minimum absolute atomic E-state index is 0.0604. The van der Waals surface area contributed by atoms with Gasteiger partial charge >= 0.3 is 0 Å². The molecule has 20 heavy (non-hydrogen) atoms. The average molecular weight is 297 g/mol. The fourth-order valence-corrected chi connectivity index (χ4v) is 2.91. The van der Waals surface area contributed by atoms with Crippen LogP contribution >= 0.6 is 0 Å². The van der Waals surface area contributed by atoms with Crippen LogP contribution in [-0.2, 0) is 16.6 Å². The highest BCUT2D eigenvalue weighted by Gasteiger charge is 2.15. The van der Waals surface area contributed by atoms with Gasteiger partial charge in [-0.15, -0.1) is 0 Å². The molecular weight excluding hydrogens is 281 g/mol. The first-order chi connectivity index (χ1) is 9.47. The van der Waals surface area contributed by atoms with Gasteiger partial charge in [-0.05, 0) is 36.2 Å². The molecule has 1 aromatic carbocycles. The Balaban J connectivity index is 1.93. The van der Waals surface area contributed by atoms with E-state index in [0.717, 1.165) is 12.1 Å². The van der Waals surface area contributed by atoms with Crippen molar-refractivity contribution in [1.29, 1.82) is 0 Å². The number of nitrogens with one attached hydrogen (secondary N) is 1. The third kappa shape index (κ3) is 3.88. The quantitative estimate of drug-likeness (QED) is 0.881. The lowest BCUT2D eigenvalue weighted by Gasteiger charge is -2.13. The van der Waals surface area contributed by atoms with Gasteiger partial charge in [0.25, 0.3) is 0 Å². The van der Waals surface area contributed by atoms with Gasteiger partial charge in [-0.1, -0.05) is 6.92 Å². The van der Waals surface area contributed by atoms with Gasteiger partial charge < -0.3 is 0 Å². The summed E-state index contributed by atoms with van der Waals surface area (Å²) in [5.74, 6) is -0.374. The van der Waals surface area contributed by atoms with Crippen molar-refractivity contribution in [2.75, 3.05) is 6.54 Å². The fraction of sp³-hybridized carbons (Fsp3) is 0.308. The Labute approximate surface area is 117 Å². The van der Waals surface area contributed by atoms with Gasteiger partial charge in [0.1, 0.15) is 5.82 Å². The van der Waals surface area contributed by atoms with Crippen molar-refractivity contribution in [3.05, 3.63) is 48.5 Å². The molecular formula is C13H16FN3O2S. The summed E-state index contributed by atoms with van der Waals surface area (Å²) in [5.41, 5.74) is 0. The van der Waals surface area contributed by atoms with Crippen LogP contribution in [0.4, 0.5) is 4.39 Å². The molecule has 0 saturated carbocycles. The molecule has 0 radical (unpaired) electrons. The zero-order valence-electron chi connectivity index (χ0n) is 11.0. The first kappa shape index (κ1) is 14.7. The number of nitrogens with zero attached hydrogens (tertiary/aromatic N) is 2. The predicted molar refractivity (Wildman–Crippen MR) is 73.0 cm³/mol. The molecule has 7 heteroatoms. The first-order valence-corrected chi connectivity index (χ1v) is 7.68. The molecule has 5 nitrogen and oxygen atoms in total. The summed E-state index contributed by atoms with van der Waals surface area (Å²) in [6, 6.07) is 6.56. The topological polar surface area (TPSA) is 64.0 Å². The minimum atomic E-state index is -3.60. The monoisotopic (exact) mass is 297 g/mol. The van der Waals surface area contributed by atoms with Crippen molar-refractivity contribution in [3.8, 4) is 0 Å². The lowest BCUT2D eigenvalue weighted by atomic mass is 10.2. The van der Waals surface area contributed by atoms with E-state index in [1.807, 2.05) is 19.2 Å². The number of rotatable bonds is 6. The molecule has 0 unspecified atom stereocenters. The summed E-state index contributed by atoms with van der Waals surface area (Å²) < 4.78 is 41.0. The molecule has 0 saturated heterocycles. The summed E-state index contributed by atoms with van der Waals surface area (Å²) in [4.78, 5) is 0.0604. The number of hydrogen-bond acceptors (Lipinski definition) is 3. The van der Waals surface area contributed by atoms with Crippen LogP contribution in [0.25, 0.3) is 0 Å². The van der Waals surface area contributed by atoms with Crippen LogP contribution in [0.3, 0.4) is 0 Å². The van der Waals surface area contributed by atoms with Gasteiger partial charge in [0.15, 0.2) is 0 Å². The van der Waals surface area contributed by atoms with Crippen LogP contribution in [0.2, 0.25) is 0 Å². The molecule has 0 fully saturated rings. The molecule has 1 heterocycles. The number of aromatic nitrogens is 2. The Kier molecular flexibility index (Phi) is 4.51. The average Bonchev–Trinajstić information content (AvgIpc) is 2.90. The summed E-state index contributed by atoms with van der Waals surface area (Å²) in [5, 5.41) is 4.07. The second kappa shape index (κ2) is 6.15. The maximum Gasteiger partial charge on any atom is 0.240 e. The van der Waals surface area contributed by atoms with E-state index in [2.05, 4.69) is 9.82 Å². The molecule has 0 aliphatic carbocycles. The van der Waals surface area contributed by atoms with Crippen molar-refractivity contribution in [3.63, 3.8) is 0 Å². The molecule has 0 amide bonds. The molecule has 1 N–H and O–H groups in total. The Hall–Kier alpha value is -1.73. The number of benzene rings is 1. The Bertz CT molecular complexity index is 639. The number of sulfonamides is 1. The highest BCUT2D eigenvalue weighted by Crippen LogP contribution is 2.10. The highest BCUT2D eigenvalue weighted by atomic mass is 32.2. The SMILES string of the molecule is C[C@H](CNS(=O)(=O)c1ccc(F)cc1)Cn1cccn1. The molecule has 2 aromatic rings. The molecule has 1 atom stereocenters. The second-order valence-electron chi connectivity index (χ2n) is 4.64. The first-order valence-electron chi connectivity index (χ1n) is 6.20. The maximum atomic E-state index is 12.8. The lowest BCUT2D eigenvalue weighted by molar-refractivity contribution is 0.443. The maximum absolute atomic E-state index is 12.8. The van der Waals surface area contributed by atoms with Crippen LogP contribution in [0, 0.1) is 11.7 Å². The normalized spacial score (nSPS) is 13.3. The fourth-order valence-electron chi connectivity index (χ4n) is 1.74.